The highest BCUT2D eigenvalue weighted by atomic mass is 32.1. The molecular formula is C12H14F3N3S2. The van der Waals surface area contributed by atoms with Gasteiger partial charge in [0, 0.05) is 16.0 Å². The van der Waals surface area contributed by atoms with Crippen molar-refractivity contribution in [2.75, 3.05) is 6.54 Å². The first-order valence-corrected chi connectivity index (χ1v) is 7.66. The Kier molecular flexibility index (Phi) is 4.46. The van der Waals surface area contributed by atoms with Gasteiger partial charge in [0.05, 0.1) is 16.7 Å². The summed E-state index contributed by atoms with van der Waals surface area (Å²) in [4.78, 5) is 9.33. The number of thiazole rings is 2. The van der Waals surface area contributed by atoms with Crippen molar-refractivity contribution in [3.05, 3.63) is 31.7 Å². The fourth-order valence-electron chi connectivity index (χ4n) is 1.89. The van der Waals surface area contributed by atoms with Crippen molar-refractivity contribution >= 4 is 22.7 Å². The molecule has 1 unspecified atom stereocenters. The Labute approximate surface area is 122 Å². The summed E-state index contributed by atoms with van der Waals surface area (Å²) in [6.45, 7) is 6.33. The molecule has 2 aromatic heterocycles. The van der Waals surface area contributed by atoms with Gasteiger partial charge >= 0.3 is 6.18 Å². The van der Waals surface area contributed by atoms with Crippen molar-refractivity contribution in [1.82, 2.24) is 15.3 Å². The minimum Gasteiger partial charge on any atom is -0.305 e. The van der Waals surface area contributed by atoms with E-state index in [-0.39, 0.29) is 6.04 Å². The van der Waals surface area contributed by atoms with Gasteiger partial charge < -0.3 is 5.32 Å². The van der Waals surface area contributed by atoms with Crippen molar-refractivity contribution in [3.8, 4) is 0 Å². The number of alkyl halides is 3. The highest BCUT2D eigenvalue weighted by molar-refractivity contribution is 7.13. The zero-order chi connectivity index (χ0) is 14.9. The number of aryl methyl sites for hydroxylation is 2. The maximum Gasteiger partial charge on any atom is 0.443 e. The summed E-state index contributed by atoms with van der Waals surface area (Å²) in [6.07, 6.45) is -3.09. The van der Waals surface area contributed by atoms with E-state index < -0.39 is 11.2 Å². The summed E-state index contributed by atoms with van der Waals surface area (Å²) in [7, 11) is 0. The Morgan fingerprint density at radius 3 is 2.45 bits per heavy atom. The first-order valence-electron chi connectivity index (χ1n) is 6.03. The van der Waals surface area contributed by atoms with E-state index in [1.165, 1.54) is 17.5 Å². The van der Waals surface area contributed by atoms with E-state index in [0.717, 1.165) is 15.6 Å². The molecule has 0 aliphatic heterocycles. The SMILES string of the molecule is CCNC(c1cnc(C(F)(F)F)s1)c1sc(C)nc1C. The summed E-state index contributed by atoms with van der Waals surface area (Å²) >= 11 is 2.18. The third-order valence-corrected chi connectivity index (χ3v) is 4.91. The fraction of sp³-hybridized carbons (Fsp3) is 0.500. The molecule has 2 aromatic rings. The van der Waals surface area contributed by atoms with E-state index in [1.807, 2.05) is 20.8 Å². The zero-order valence-electron chi connectivity index (χ0n) is 11.2. The van der Waals surface area contributed by atoms with Crippen molar-refractivity contribution in [2.24, 2.45) is 0 Å². The molecule has 0 radical (unpaired) electrons. The lowest BCUT2D eigenvalue weighted by Gasteiger charge is -2.14. The largest absolute Gasteiger partial charge is 0.443 e. The van der Waals surface area contributed by atoms with Crippen LogP contribution in [0.2, 0.25) is 0 Å². The molecule has 2 heterocycles. The Morgan fingerprint density at radius 2 is 2.00 bits per heavy atom. The molecule has 110 valence electrons. The molecular weight excluding hydrogens is 307 g/mol. The van der Waals surface area contributed by atoms with Crippen molar-refractivity contribution in [2.45, 2.75) is 33.0 Å². The molecule has 20 heavy (non-hydrogen) atoms. The molecule has 0 aromatic carbocycles. The lowest BCUT2D eigenvalue weighted by Crippen LogP contribution is -2.20. The summed E-state index contributed by atoms with van der Waals surface area (Å²) in [5.74, 6) is 0. The Hall–Kier alpha value is -0.990. The first kappa shape index (κ1) is 15.4. The molecule has 0 amide bonds. The second-order valence-electron chi connectivity index (χ2n) is 4.24. The van der Waals surface area contributed by atoms with Gasteiger partial charge in [-0.3, -0.25) is 0 Å². The quantitative estimate of drug-likeness (QED) is 0.927. The minimum atomic E-state index is -4.39. The van der Waals surface area contributed by atoms with Crippen LogP contribution in [0.3, 0.4) is 0 Å². The van der Waals surface area contributed by atoms with Crippen LogP contribution in [0, 0.1) is 13.8 Å². The van der Waals surface area contributed by atoms with Crippen LogP contribution in [0.4, 0.5) is 13.2 Å². The molecule has 1 atom stereocenters. The van der Waals surface area contributed by atoms with Crippen LogP contribution in [-0.2, 0) is 6.18 Å². The number of halogens is 3. The van der Waals surface area contributed by atoms with E-state index in [1.54, 1.807) is 0 Å². The average Bonchev–Trinajstić information content (AvgIpc) is 2.92. The molecule has 0 saturated heterocycles. The number of rotatable bonds is 4. The van der Waals surface area contributed by atoms with E-state index in [4.69, 9.17) is 0 Å². The molecule has 2 rings (SSSR count). The van der Waals surface area contributed by atoms with E-state index >= 15 is 0 Å². The van der Waals surface area contributed by atoms with Crippen molar-refractivity contribution < 1.29 is 13.2 Å². The predicted octanol–water partition coefficient (Wildman–Crippen LogP) is 3.93. The van der Waals surface area contributed by atoms with Crippen LogP contribution in [-0.4, -0.2) is 16.5 Å². The van der Waals surface area contributed by atoms with Gasteiger partial charge in [0.15, 0.2) is 5.01 Å². The maximum absolute atomic E-state index is 12.7. The summed E-state index contributed by atoms with van der Waals surface area (Å²) in [6, 6.07) is -0.278. The normalized spacial score (nSPS) is 13.7. The molecule has 0 aliphatic carbocycles. The Morgan fingerprint density at radius 1 is 1.30 bits per heavy atom. The minimum absolute atomic E-state index is 0.278. The molecule has 8 heteroatoms. The zero-order valence-corrected chi connectivity index (χ0v) is 12.8. The van der Waals surface area contributed by atoms with E-state index in [2.05, 4.69) is 15.3 Å². The number of aromatic nitrogens is 2. The maximum atomic E-state index is 12.7. The predicted molar refractivity (Wildman–Crippen MR) is 74.2 cm³/mol. The summed E-state index contributed by atoms with van der Waals surface area (Å²) in [5, 5.41) is 3.30. The fourth-order valence-corrected chi connectivity index (χ4v) is 3.86. The lowest BCUT2D eigenvalue weighted by molar-refractivity contribution is -0.137. The number of hydrogen-bond acceptors (Lipinski definition) is 5. The van der Waals surface area contributed by atoms with Crippen LogP contribution in [0.15, 0.2) is 6.20 Å². The van der Waals surface area contributed by atoms with Crippen LogP contribution >= 0.6 is 22.7 Å². The van der Waals surface area contributed by atoms with Crippen LogP contribution in [0.25, 0.3) is 0 Å². The first-order chi connectivity index (χ1) is 9.32. The summed E-state index contributed by atoms with van der Waals surface area (Å²) in [5.41, 5.74) is 0.848. The highest BCUT2D eigenvalue weighted by Gasteiger charge is 2.35. The molecule has 0 aliphatic rings. The van der Waals surface area contributed by atoms with Gasteiger partial charge in [-0.05, 0) is 20.4 Å². The molecule has 0 spiro atoms. The third-order valence-electron chi connectivity index (χ3n) is 2.66. The third kappa shape index (κ3) is 3.18. The molecule has 1 N–H and O–H groups in total. The molecule has 0 saturated carbocycles. The van der Waals surface area contributed by atoms with E-state index in [0.29, 0.717) is 22.8 Å². The van der Waals surface area contributed by atoms with Gasteiger partial charge in [0.2, 0.25) is 0 Å². The standard InChI is InChI=1S/C12H14F3N3S2/c1-4-16-9(10-6(2)18-7(3)19-10)8-5-17-11(20-8)12(13,14)15/h5,9,16H,4H2,1-3H3. The number of hydrogen-bond donors (Lipinski definition) is 1. The van der Waals surface area contributed by atoms with Gasteiger partial charge in [-0.2, -0.15) is 13.2 Å². The van der Waals surface area contributed by atoms with Crippen molar-refractivity contribution in [1.29, 1.82) is 0 Å². The number of nitrogens with one attached hydrogen (secondary N) is 1. The molecule has 0 fully saturated rings. The topological polar surface area (TPSA) is 37.8 Å². The van der Waals surface area contributed by atoms with Gasteiger partial charge in [-0.15, -0.1) is 22.7 Å². The van der Waals surface area contributed by atoms with Gasteiger partial charge in [0.1, 0.15) is 0 Å². The van der Waals surface area contributed by atoms with Gasteiger partial charge in [0.25, 0.3) is 0 Å². The van der Waals surface area contributed by atoms with E-state index in [9.17, 15) is 13.2 Å². The Balaban J connectivity index is 2.39. The Bertz CT molecular complexity index is 589. The average molecular weight is 321 g/mol. The second kappa shape index (κ2) is 5.79. The van der Waals surface area contributed by atoms with Crippen LogP contribution in [0.1, 0.15) is 38.4 Å². The van der Waals surface area contributed by atoms with Crippen LogP contribution < -0.4 is 5.32 Å². The second-order valence-corrected chi connectivity index (χ2v) is 6.54. The smallest absolute Gasteiger partial charge is 0.305 e. The van der Waals surface area contributed by atoms with Crippen LogP contribution in [0.5, 0.6) is 0 Å². The van der Waals surface area contributed by atoms with Gasteiger partial charge in [-0.25, -0.2) is 9.97 Å². The van der Waals surface area contributed by atoms with Crippen molar-refractivity contribution in [3.63, 3.8) is 0 Å². The lowest BCUT2D eigenvalue weighted by atomic mass is 10.2. The molecule has 0 bridgehead atoms. The monoisotopic (exact) mass is 321 g/mol. The molecule has 3 nitrogen and oxygen atoms in total. The van der Waals surface area contributed by atoms with Gasteiger partial charge in [-0.1, -0.05) is 6.92 Å². The summed E-state index contributed by atoms with van der Waals surface area (Å²) < 4.78 is 38.0. The number of nitrogens with zero attached hydrogens (tertiary/aromatic N) is 2. The highest BCUT2D eigenvalue weighted by Crippen LogP contribution is 2.37.